The van der Waals surface area contributed by atoms with Crippen LogP contribution < -0.4 is 5.73 Å². The van der Waals surface area contributed by atoms with Crippen LogP contribution in [0.1, 0.15) is 26.2 Å². The summed E-state index contributed by atoms with van der Waals surface area (Å²) in [7, 11) is 6.02. The van der Waals surface area contributed by atoms with E-state index < -0.39 is 0 Å². The van der Waals surface area contributed by atoms with Crippen molar-refractivity contribution >= 4 is 0 Å². The lowest BCUT2D eigenvalue weighted by Gasteiger charge is -2.32. The van der Waals surface area contributed by atoms with Crippen molar-refractivity contribution in [2.24, 2.45) is 5.73 Å². The van der Waals surface area contributed by atoms with Gasteiger partial charge >= 0.3 is 0 Å². The van der Waals surface area contributed by atoms with Crippen LogP contribution in [0.5, 0.6) is 0 Å². The molecule has 0 aliphatic heterocycles. The fourth-order valence-corrected chi connectivity index (χ4v) is 2.01. The van der Waals surface area contributed by atoms with Crippen molar-refractivity contribution < 1.29 is 4.74 Å². The quantitative estimate of drug-likeness (QED) is 0.590. The third-order valence-corrected chi connectivity index (χ3v) is 2.96. The lowest BCUT2D eigenvalue weighted by molar-refractivity contribution is 0.0793. The van der Waals surface area contributed by atoms with Gasteiger partial charge in [0, 0.05) is 26.2 Å². The van der Waals surface area contributed by atoms with Gasteiger partial charge in [0.05, 0.1) is 6.61 Å². The number of rotatable bonds is 11. The van der Waals surface area contributed by atoms with E-state index in [4.69, 9.17) is 10.5 Å². The number of nitrogens with two attached hydrogens (primary N) is 1. The molecule has 0 aromatic carbocycles. The monoisotopic (exact) mass is 245 g/mol. The molecule has 0 fully saturated rings. The van der Waals surface area contributed by atoms with Crippen LogP contribution >= 0.6 is 0 Å². The lowest BCUT2D eigenvalue weighted by atomic mass is 10.1. The molecule has 0 spiro atoms. The van der Waals surface area contributed by atoms with Crippen molar-refractivity contribution in [2.75, 3.05) is 54.0 Å². The smallest absolute Gasteiger partial charge is 0.0618 e. The first-order chi connectivity index (χ1) is 8.15. The van der Waals surface area contributed by atoms with Crippen molar-refractivity contribution in [3.8, 4) is 0 Å². The minimum Gasteiger partial charge on any atom is -0.383 e. The van der Waals surface area contributed by atoms with Gasteiger partial charge in [0.25, 0.3) is 0 Å². The minimum absolute atomic E-state index is 0.517. The molecule has 0 bridgehead atoms. The van der Waals surface area contributed by atoms with E-state index in [1.165, 1.54) is 6.42 Å². The Labute approximate surface area is 107 Å². The molecule has 2 N–H and O–H groups in total. The van der Waals surface area contributed by atoms with E-state index in [2.05, 4.69) is 30.8 Å². The minimum atomic E-state index is 0.517. The third-order valence-electron chi connectivity index (χ3n) is 2.96. The Bertz CT molecular complexity index is 165. The molecule has 0 aromatic heterocycles. The van der Waals surface area contributed by atoms with Crippen LogP contribution in [0.3, 0.4) is 0 Å². The van der Waals surface area contributed by atoms with Crippen LogP contribution in [0.4, 0.5) is 0 Å². The van der Waals surface area contributed by atoms with Gasteiger partial charge in [-0.05, 0) is 46.4 Å². The first kappa shape index (κ1) is 16.8. The molecule has 1 unspecified atom stereocenters. The van der Waals surface area contributed by atoms with E-state index in [1.807, 2.05) is 0 Å². The summed E-state index contributed by atoms with van der Waals surface area (Å²) in [5.74, 6) is 0. The van der Waals surface area contributed by atoms with Gasteiger partial charge in [0.15, 0.2) is 0 Å². The molecule has 0 rings (SSSR count). The summed E-state index contributed by atoms with van der Waals surface area (Å²) >= 11 is 0. The van der Waals surface area contributed by atoms with E-state index >= 15 is 0 Å². The van der Waals surface area contributed by atoms with Crippen molar-refractivity contribution in [1.29, 1.82) is 0 Å². The van der Waals surface area contributed by atoms with Gasteiger partial charge in [0.1, 0.15) is 0 Å². The summed E-state index contributed by atoms with van der Waals surface area (Å²) < 4.78 is 5.34. The summed E-state index contributed by atoms with van der Waals surface area (Å²) in [6.07, 6.45) is 3.41. The predicted octanol–water partition coefficient (Wildman–Crippen LogP) is 1.01. The zero-order chi connectivity index (χ0) is 13.1. The molecule has 104 valence electrons. The molecule has 0 aromatic rings. The summed E-state index contributed by atoms with van der Waals surface area (Å²) in [4.78, 5) is 4.77. The van der Waals surface area contributed by atoms with Crippen molar-refractivity contribution in [1.82, 2.24) is 9.80 Å². The zero-order valence-corrected chi connectivity index (χ0v) is 12.1. The maximum Gasteiger partial charge on any atom is 0.0618 e. The SMILES string of the molecule is CCCN(CCN(C)C)C(CCCN)COC. The Balaban J connectivity index is 4.23. The van der Waals surface area contributed by atoms with Crippen LogP contribution in [0, 0.1) is 0 Å². The second kappa shape index (κ2) is 11.0. The molecular formula is C13H31N3O. The van der Waals surface area contributed by atoms with Gasteiger partial charge < -0.3 is 15.4 Å². The molecule has 0 saturated heterocycles. The van der Waals surface area contributed by atoms with Crippen molar-refractivity contribution in [2.45, 2.75) is 32.2 Å². The lowest BCUT2D eigenvalue weighted by Crippen LogP contribution is -2.42. The Morgan fingerprint density at radius 1 is 1.18 bits per heavy atom. The third kappa shape index (κ3) is 8.55. The van der Waals surface area contributed by atoms with Gasteiger partial charge in [-0.3, -0.25) is 4.90 Å². The van der Waals surface area contributed by atoms with Crippen LogP contribution in [0.2, 0.25) is 0 Å². The van der Waals surface area contributed by atoms with E-state index in [0.717, 1.165) is 45.6 Å². The fraction of sp³-hybridized carbons (Fsp3) is 1.00. The van der Waals surface area contributed by atoms with Crippen molar-refractivity contribution in [3.63, 3.8) is 0 Å². The summed E-state index contributed by atoms with van der Waals surface area (Å²) in [6.45, 7) is 7.17. The molecule has 0 heterocycles. The predicted molar refractivity (Wildman–Crippen MR) is 74.4 cm³/mol. The van der Waals surface area contributed by atoms with E-state index in [1.54, 1.807) is 7.11 Å². The van der Waals surface area contributed by atoms with E-state index in [-0.39, 0.29) is 0 Å². The second-order valence-corrected chi connectivity index (χ2v) is 4.88. The molecule has 1 atom stereocenters. The maximum atomic E-state index is 5.60. The van der Waals surface area contributed by atoms with Gasteiger partial charge in [-0.25, -0.2) is 0 Å². The standard InChI is InChI=1S/C13H31N3O/c1-5-9-16(11-10-15(2)3)13(12-17-4)7-6-8-14/h13H,5-12,14H2,1-4H3. The van der Waals surface area contributed by atoms with Gasteiger partial charge in [0.2, 0.25) is 0 Å². The number of ether oxygens (including phenoxy) is 1. The van der Waals surface area contributed by atoms with Gasteiger partial charge in [-0.2, -0.15) is 0 Å². The summed E-state index contributed by atoms with van der Waals surface area (Å²) in [6, 6.07) is 0.517. The molecule has 0 aliphatic carbocycles. The molecule has 0 saturated carbocycles. The average Bonchev–Trinajstić information content (AvgIpc) is 2.30. The highest BCUT2D eigenvalue weighted by molar-refractivity contribution is 4.72. The molecular weight excluding hydrogens is 214 g/mol. The van der Waals surface area contributed by atoms with E-state index in [0.29, 0.717) is 6.04 Å². The Morgan fingerprint density at radius 2 is 1.88 bits per heavy atom. The summed E-state index contributed by atoms with van der Waals surface area (Å²) in [5.41, 5.74) is 5.60. The Hall–Kier alpha value is -0.160. The molecule has 0 radical (unpaired) electrons. The first-order valence-corrected chi connectivity index (χ1v) is 6.73. The summed E-state index contributed by atoms with van der Waals surface area (Å²) in [5, 5.41) is 0. The van der Waals surface area contributed by atoms with Crippen LogP contribution in [-0.4, -0.2) is 69.8 Å². The molecule has 0 amide bonds. The van der Waals surface area contributed by atoms with Gasteiger partial charge in [-0.15, -0.1) is 0 Å². The Kier molecular flexibility index (Phi) is 10.9. The number of likely N-dealkylation sites (N-methyl/N-ethyl adjacent to an activating group) is 1. The highest BCUT2D eigenvalue weighted by Gasteiger charge is 2.17. The Morgan fingerprint density at radius 3 is 2.35 bits per heavy atom. The van der Waals surface area contributed by atoms with E-state index in [9.17, 15) is 0 Å². The first-order valence-electron chi connectivity index (χ1n) is 6.73. The molecule has 4 nitrogen and oxygen atoms in total. The highest BCUT2D eigenvalue weighted by Crippen LogP contribution is 2.08. The van der Waals surface area contributed by atoms with Crippen LogP contribution in [-0.2, 0) is 4.74 Å². The number of methoxy groups -OCH3 is 1. The second-order valence-electron chi connectivity index (χ2n) is 4.88. The highest BCUT2D eigenvalue weighted by atomic mass is 16.5. The fourth-order valence-electron chi connectivity index (χ4n) is 2.01. The number of hydrogen-bond donors (Lipinski definition) is 1. The topological polar surface area (TPSA) is 41.7 Å². The van der Waals surface area contributed by atoms with Crippen LogP contribution in [0.25, 0.3) is 0 Å². The molecule has 17 heavy (non-hydrogen) atoms. The van der Waals surface area contributed by atoms with Crippen LogP contribution in [0.15, 0.2) is 0 Å². The maximum absolute atomic E-state index is 5.60. The van der Waals surface area contributed by atoms with Crippen molar-refractivity contribution in [3.05, 3.63) is 0 Å². The average molecular weight is 245 g/mol. The molecule has 4 heteroatoms. The normalized spacial score (nSPS) is 13.6. The molecule has 0 aliphatic rings. The number of hydrogen-bond acceptors (Lipinski definition) is 4. The van der Waals surface area contributed by atoms with Gasteiger partial charge in [-0.1, -0.05) is 6.92 Å². The number of nitrogens with zero attached hydrogens (tertiary/aromatic N) is 2. The zero-order valence-electron chi connectivity index (χ0n) is 12.1. The largest absolute Gasteiger partial charge is 0.383 e.